The Morgan fingerprint density at radius 3 is 2.56 bits per heavy atom. The molecule has 0 spiro atoms. The molecule has 0 aliphatic heterocycles. The van der Waals surface area contributed by atoms with E-state index in [1.807, 2.05) is 0 Å². The molecule has 0 saturated carbocycles. The summed E-state index contributed by atoms with van der Waals surface area (Å²) in [5.74, 6) is -0.327. The number of nitro benzene ring substituents is 1. The number of nitrogens with two attached hydrogens (primary N) is 1. The van der Waals surface area contributed by atoms with Crippen molar-refractivity contribution in [3.8, 4) is 0 Å². The average Bonchev–Trinajstić information content (AvgIpc) is 2.29. The maximum Gasteiger partial charge on any atom is 0.307 e. The van der Waals surface area contributed by atoms with Crippen LogP contribution in [-0.2, 0) is 16.0 Å². The predicted molar refractivity (Wildman–Crippen MR) is 66.0 cm³/mol. The second-order valence-electron chi connectivity index (χ2n) is 3.90. The number of nitro groups is 1. The number of hydrogen-bond acceptors (Lipinski definition) is 5. The van der Waals surface area contributed by atoms with Crippen molar-refractivity contribution in [3.63, 3.8) is 0 Å². The standard InChI is InChI=1S/C12H16N2O4/c1-2-18-12(15)8-10(13)7-9-3-5-11(6-4-9)14(16)17/h3-6,10H,2,7-8,13H2,1H3. The van der Waals surface area contributed by atoms with Gasteiger partial charge in [-0.25, -0.2) is 0 Å². The molecule has 1 rings (SSSR count). The molecule has 0 saturated heterocycles. The number of hydrogen-bond donors (Lipinski definition) is 1. The molecule has 0 heterocycles. The fraction of sp³-hybridized carbons (Fsp3) is 0.417. The minimum atomic E-state index is -0.456. The van der Waals surface area contributed by atoms with Crippen LogP contribution in [0.1, 0.15) is 18.9 Å². The highest BCUT2D eigenvalue weighted by molar-refractivity contribution is 5.70. The average molecular weight is 252 g/mol. The van der Waals surface area contributed by atoms with Crippen molar-refractivity contribution in [2.75, 3.05) is 6.61 Å². The monoisotopic (exact) mass is 252 g/mol. The van der Waals surface area contributed by atoms with Gasteiger partial charge in [0.2, 0.25) is 0 Å². The summed E-state index contributed by atoms with van der Waals surface area (Å²) in [6, 6.07) is 5.79. The summed E-state index contributed by atoms with van der Waals surface area (Å²) in [6.07, 6.45) is 0.627. The zero-order valence-corrected chi connectivity index (χ0v) is 10.2. The summed E-state index contributed by atoms with van der Waals surface area (Å²) in [5.41, 5.74) is 6.70. The van der Waals surface area contributed by atoms with E-state index in [4.69, 9.17) is 10.5 Å². The van der Waals surface area contributed by atoms with Gasteiger partial charge in [-0.05, 0) is 18.9 Å². The summed E-state index contributed by atoms with van der Waals surface area (Å²) in [6.45, 7) is 2.07. The zero-order chi connectivity index (χ0) is 13.5. The van der Waals surface area contributed by atoms with Crippen LogP contribution in [0.2, 0.25) is 0 Å². The molecule has 6 nitrogen and oxygen atoms in total. The highest BCUT2D eigenvalue weighted by atomic mass is 16.6. The minimum absolute atomic E-state index is 0.0396. The van der Waals surface area contributed by atoms with Crippen LogP contribution in [0.3, 0.4) is 0 Å². The van der Waals surface area contributed by atoms with Crippen LogP contribution in [0, 0.1) is 10.1 Å². The van der Waals surface area contributed by atoms with Crippen LogP contribution in [0.15, 0.2) is 24.3 Å². The first-order valence-electron chi connectivity index (χ1n) is 5.67. The fourth-order valence-corrected chi connectivity index (χ4v) is 1.56. The van der Waals surface area contributed by atoms with E-state index < -0.39 is 4.92 Å². The zero-order valence-electron chi connectivity index (χ0n) is 10.2. The van der Waals surface area contributed by atoms with Crippen LogP contribution < -0.4 is 5.73 Å². The molecular weight excluding hydrogens is 236 g/mol. The lowest BCUT2D eigenvalue weighted by atomic mass is 10.0. The van der Waals surface area contributed by atoms with Crippen molar-refractivity contribution in [3.05, 3.63) is 39.9 Å². The molecule has 18 heavy (non-hydrogen) atoms. The quantitative estimate of drug-likeness (QED) is 0.469. The Hall–Kier alpha value is -1.95. The first-order valence-corrected chi connectivity index (χ1v) is 5.67. The Labute approximate surface area is 105 Å². The largest absolute Gasteiger partial charge is 0.466 e. The molecule has 0 fully saturated rings. The number of esters is 1. The van der Waals surface area contributed by atoms with E-state index in [1.165, 1.54) is 12.1 Å². The van der Waals surface area contributed by atoms with Crippen LogP contribution in [0.4, 0.5) is 5.69 Å². The summed E-state index contributed by atoms with van der Waals surface area (Å²) < 4.78 is 4.79. The highest BCUT2D eigenvalue weighted by Crippen LogP contribution is 2.13. The lowest BCUT2D eigenvalue weighted by Crippen LogP contribution is -2.27. The van der Waals surface area contributed by atoms with Gasteiger partial charge in [0, 0.05) is 18.2 Å². The summed E-state index contributed by atoms with van der Waals surface area (Å²) in [5, 5.41) is 10.5. The second-order valence-corrected chi connectivity index (χ2v) is 3.90. The van der Waals surface area contributed by atoms with Gasteiger partial charge in [-0.3, -0.25) is 14.9 Å². The molecule has 0 aliphatic carbocycles. The molecule has 98 valence electrons. The Bertz CT molecular complexity index is 417. The van der Waals surface area contributed by atoms with E-state index in [2.05, 4.69) is 0 Å². The van der Waals surface area contributed by atoms with E-state index in [9.17, 15) is 14.9 Å². The number of carbonyl (C=O) groups is 1. The molecule has 0 aromatic heterocycles. The van der Waals surface area contributed by atoms with Gasteiger partial charge in [0.05, 0.1) is 18.0 Å². The number of carbonyl (C=O) groups excluding carboxylic acids is 1. The topological polar surface area (TPSA) is 95.5 Å². The van der Waals surface area contributed by atoms with E-state index in [0.717, 1.165) is 5.56 Å². The molecular formula is C12H16N2O4. The third-order valence-corrected chi connectivity index (χ3v) is 2.38. The summed E-state index contributed by atoms with van der Waals surface area (Å²) in [7, 11) is 0. The van der Waals surface area contributed by atoms with Crippen LogP contribution in [0.25, 0.3) is 0 Å². The molecule has 0 radical (unpaired) electrons. The Morgan fingerprint density at radius 2 is 2.06 bits per heavy atom. The molecule has 6 heteroatoms. The molecule has 0 aliphatic rings. The fourth-order valence-electron chi connectivity index (χ4n) is 1.56. The maximum atomic E-state index is 11.2. The number of nitrogens with zero attached hydrogens (tertiary/aromatic N) is 1. The van der Waals surface area contributed by atoms with Crippen LogP contribution >= 0.6 is 0 Å². The maximum absolute atomic E-state index is 11.2. The van der Waals surface area contributed by atoms with Gasteiger partial charge in [-0.1, -0.05) is 12.1 Å². The number of benzene rings is 1. The van der Waals surface area contributed by atoms with Crippen molar-refractivity contribution in [2.45, 2.75) is 25.8 Å². The lowest BCUT2D eigenvalue weighted by Gasteiger charge is -2.10. The molecule has 0 amide bonds. The second kappa shape index (κ2) is 6.70. The SMILES string of the molecule is CCOC(=O)CC(N)Cc1ccc([N+](=O)[O-])cc1. The van der Waals surface area contributed by atoms with E-state index >= 15 is 0 Å². The van der Waals surface area contributed by atoms with Crippen LogP contribution in [0.5, 0.6) is 0 Å². The van der Waals surface area contributed by atoms with Gasteiger partial charge < -0.3 is 10.5 Å². The number of rotatable bonds is 6. The summed E-state index contributed by atoms with van der Waals surface area (Å²) >= 11 is 0. The third kappa shape index (κ3) is 4.50. The van der Waals surface area contributed by atoms with Gasteiger partial charge in [0.15, 0.2) is 0 Å². The van der Waals surface area contributed by atoms with E-state index in [0.29, 0.717) is 13.0 Å². The molecule has 1 aromatic carbocycles. The van der Waals surface area contributed by atoms with E-state index in [1.54, 1.807) is 19.1 Å². The Balaban J connectivity index is 2.51. The van der Waals surface area contributed by atoms with Crippen molar-refractivity contribution < 1.29 is 14.5 Å². The normalized spacial score (nSPS) is 11.9. The third-order valence-electron chi connectivity index (χ3n) is 2.38. The first-order chi connectivity index (χ1) is 8.52. The Kier molecular flexibility index (Phi) is 5.26. The number of ether oxygens (including phenoxy) is 1. The molecule has 1 atom stereocenters. The van der Waals surface area contributed by atoms with E-state index in [-0.39, 0.29) is 24.1 Å². The molecule has 0 bridgehead atoms. The van der Waals surface area contributed by atoms with Crippen molar-refractivity contribution >= 4 is 11.7 Å². The van der Waals surface area contributed by atoms with Crippen molar-refractivity contribution in [1.29, 1.82) is 0 Å². The van der Waals surface area contributed by atoms with Crippen molar-refractivity contribution in [2.24, 2.45) is 5.73 Å². The highest BCUT2D eigenvalue weighted by Gasteiger charge is 2.12. The first kappa shape index (κ1) is 14.1. The van der Waals surface area contributed by atoms with Gasteiger partial charge >= 0.3 is 5.97 Å². The molecule has 2 N–H and O–H groups in total. The summed E-state index contributed by atoms with van der Waals surface area (Å²) in [4.78, 5) is 21.2. The smallest absolute Gasteiger partial charge is 0.307 e. The predicted octanol–water partition coefficient (Wildman–Crippen LogP) is 1.42. The van der Waals surface area contributed by atoms with Crippen molar-refractivity contribution in [1.82, 2.24) is 0 Å². The Morgan fingerprint density at radius 1 is 1.44 bits per heavy atom. The van der Waals surface area contributed by atoms with Gasteiger partial charge in [0.25, 0.3) is 5.69 Å². The van der Waals surface area contributed by atoms with Gasteiger partial charge in [0.1, 0.15) is 0 Å². The lowest BCUT2D eigenvalue weighted by molar-refractivity contribution is -0.384. The molecule has 1 unspecified atom stereocenters. The van der Waals surface area contributed by atoms with Gasteiger partial charge in [-0.15, -0.1) is 0 Å². The number of non-ortho nitro benzene ring substituents is 1. The van der Waals surface area contributed by atoms with Crippen LogP contribution in [-0.4, -0.2) is 23.5 Å². The minimum Gasteiger partial charge on any atom is -0.466 e. The van der Waals surface area contributed by atoms with Gasteiger partial charge in [-0.2, -0.15) is 0 Å². The molecule has 1 aromatic rings.